The van der Waals surface area contributed by atoms with E-state index in [1.165, 1.54) is 11.8 Å². The van der Waals surface area contributed by atoms with Crippen molar-refractivity contribution in [3.05, 3.63) is 53.8 Å². The summed E-state index contributed by atoms with van der Waals surface area (Å²) >= 11 is 1.50. The van der Waals surface area contributed by atoms with Gasteiger partial charge >= 0.3 is 6.03 Å². The van der Waals surface area contributed by atoms with E-state index in [1.54, 1.807) is 18.2 Å². The molecule has 0 saturated heterocycles. The third-order valence-corrected chi connectivity index (χ3v) is 3.34. The highest BCUT2D eigenvalue weighted by Gasteiger charge is 2.15. The Balaban J connectivity index is 2.10. The topological polar surface area (TPSA) is 41.1 Å². The van der Waals surface area contributed by atoms with Crippen molar-refractivity contribution in [2.24, 2.45) is 0 Å². The second-order valence-electron chi connectivity index (χ2n) is 4.03. The Labute approximate surface area is 123 Å². The maximum atomic E-state index is 13.4. The third-order valence-electron chi connectivity index (χ3n) is 2.61. The summed E-state index contributed by atoms with van der Waals surface area (Å²) in [5.74, 6) is -4.38. The maximum Gasteiger partial charge on any atom is 0.323 e. The van der Waals surface area contributed by atoms with Crippen LogP contribution in [0.2, 0.25) is 0 Å². The fraction of sp³-hybridized carbons (Fsp3) is 0.0714. The summed E-state index contributed by atoms with van der Waals surface area (Å²) in [5, 5.41) is 4.61. The molecule has 0 radical (unpaired) electrons. The van der Waals surface area contributed by atoms with Gasteiger partial charge in [-0.3, -0.25) is 0 Å². The van der Waals surface area contributed by atoms with Crippen LogP contribution in [0.5, 0.6) is 0 Å². The highest BCUT2D eigenvalue weighted by atomic mass is 32.2. The van der Waals surface area contributed by atoms with E-state index >= 15 is 0 Å². The van der Waals surface area contributed by atoms with Gasteiger partial charge in [0.25, 0.3) is 0 Å². The lowest BCUT2D eigenvalue weighted by Crippen LogP contribution is -2.20. The number of thioether (sulfide) groups is 1. The Morgan fingerprint density at radius 1 is 1.05 bits per heavy atom. The lowest BCUT2D eigenvalue weighted by Gasteiger charge is -2.09. The van der Waals surface area contributed by atoms with E-state index in [4.69, 9.17) is 0 Å². The Kier molecular flexibility index (Phi) is 4.74. The van der Waals surface area contributed by atoms with Crippen molar-refractivity contribution in [2.75, 3.05) is 16.9 Å². The number of carbonyl (C=O) groups is 1. The number of hydrogen-bond acceptors (Lipinski definition) is 2. The molecule has 0 aliphatic carbocycles. The molecular weight excluding hydrogens is 301 g/mol. The summed E-state index contributed by atoms with van der Waals surface area (Å²) in [7, 11) is 0. The van der Waals surface area contributed by atoms with Crippen LogP contribution in [0.15, 0.2) is 41.3 Å². The first-order valence-corrected chi connectivity index (χ1v) is 7.09. The van der Waals surface area contributed by atoms with Crippen molar-refractivity contribution in [1.29, 1.82) is 0 Å². The van der Waals surface area contributed by atoms with Crippen LogP contribution in [0.4, 0.5) is 29.3 Å². The van der Waals surface area contributed by atoms with Gasteiger partial charge in [-0.05, 0) is 36.6 Å². The van der Waals surface area contributed by atoms with Crippen molar-refractivity contribution in [3.63, 3.8) is 0 Å². The molecule has 2 rings (SSSR count). The largest absolute Gasteiger partial charge is 0.323 e. The van der Waals surface area contributed by atoms with Crippen molar-refractivity contribution < 1.29 is 18.0 Å². The second-order valence-corrected chi connectivity index (χ2v) is 4.91. The number of anilines is 2. The molecule has 0 spiro atoms. The number of rotatable bonds is 3. The molecule has 0 fully saturated rings. The monoisotopic (exact) mass is 312 g/mol. The van der Waals surface area contributed by atoms with E-state index in [2.05, 4.69) is 10.6 Å². The molecule has 2 amide bonds. The average Bonchev–Trinajstić information content (AvgIpc) is 2.48. The number of amides is 2. The normalized spacial score (nSPS) is 10.3. The highest BCUT2D eigenvalue weighted by Crippen LogP contribution is 2.21. The molecule has 0 bridgehead atoms. The summed E-state index contributed by atoms with van der Waals surface area (Å²) in [5.41, 5.74) is 0.0646. The fourth-order valence-corrected chi connectivity index (χ4v) is 2.07. The standard InChI is InChI=1S/C14H11F3N2OS/c1-21-9-4-2-3-8(7-9)18-14(20)19-11-6-5-10(15)12(16)13(11)17/h2-7H,1H3,(H2,18,19,20). The quantitative estimate of drug-likeness (QED) is 0.648. The molecule has 2 aromatic rings. The van der Waals surface area contributed by atoms with Crippen molar-refractivity contribution in [2.45, 2.75) is 4.90 Å². The number of urea groups is 1. The molecule has 0 unspecified atom stereocenters. The summed E-state index contributed by atoms with van der Waals surface area (Å²) in [6, 6.07) is 7.93. The Morgan fingerprint density at radius 2 is 1.81 bits per heavy atom. The number of nitrogens with one attached hydrogen (secondary N) is 2. The molecule has 0 heterocycles. The zero-order chi connectivity index (χ0) is 15.4. The molecule has 2 N–H and O–H groups in total. The van der Waals surface area contributed by atoms with Gasteiger partial charge in [0, 0.05) is 10.6 Å². The Hall–Kier alpha value is -2.15. The SMILES string of the molecule is CSc1cccc(NC(=O)Nc2ccc(F)c(F)c2F)c1. The van der Waals surface area contributed by atoms with Gasteiger partial charge in [0.1, 0.15) is 0 Å². The van der Waals surface area contributed by atoms with E-state index in [-0.39, 0.29) is 0 Å². The van der Waals surface area contributed by atoms with E-state index in [0.29, 0.717) is 5.69 Å². The first-order valence-electron chi connectivity index (χ1n) is 5.87. The summed E-state index contributed by atoms with van der Waals surface area (Å²) in [4.78, 5) is 12.7. The second kappa shape index (κ2) is 6.53. The zero-order valence-corrected chi connectivity index (χ0v) is 11.7. The zero-order valence-electron chi connectivity index (χ0n) is 10.9. The first-order chi connectivity index (χ1) is 10.0. The van der Waals surface area contributed by atoms with Crippen molar-refractivity contribution in [3.8, 4) is 0 Å². The van der Waals surface area contributed by atoms with E-state index in [1.807, 2.05) is 12.3 Å². The number of hydrogen-bond donors (Lipinski definition) is 2. The maximum absolute atomic E-state index is 13.4. The van der Waals surface area contributed by atoms with Gasteiger partial charge in [-0.1, -0.05) is 6.07 Å². The molecule has 0 saturated carbocycles. The lowest BCUT2D eigenvalue weighted by atomic mass is 10.3. The molecular formula is C14H11F3N2OS. The number of carbonyl (C=O) groups excluding carboxylic acids is 1. The summed E-state index contributed by atoms with van der Waals surface area (Å²) in [6.07, 6.45) is 1.88. The van der Waals surface area contributed by atoms with Gasteiger partial charge < -0.3 is 10.6 Å². The first kappa shape index (κ1) is 15.2. The smallest absolute Gasteiger partial charge is 0.308 e. The average molecular weight is 312 g/mol. The predicted molar refractivity (Wildman–Crippen MR) is 77.2 cm³/mol. The minimum atomic E-state index is -1.63. The van der Waals surface area contributed by atoms with Crippen LogP contribution in [-0.4, -0.2) is 12.3 Å². The molecule has 0 aromatic heterocycles. The van der Waals surface area contributed by atoms with Crippen LogP contribution in [-0.2, 0) is 0 Å². The lowest BCUT2D eigenvalue weighted by molar-refractivity contribution is 0.262. The van der Waals surface area contributed by atoms with Gasteiger partial charge in [0.2, 0.25) is 0 Å². The van der Waals surface area contributed by atoms with Crippen molar-refractivity contribution in [1.82, 2.24) is 0 Å². The minimum Gasteiger partial charge on any atom is -0.308 e. The highest BCUT2D eigenvalue weighted by molar-refractivity contribution is 7.98. The fourth-order valence-electron chi connectivity index (χ4n) is 1.61. The van der Waals surface area contributed by atoms with Gasteiger partial charge in [-0.2, -0.15) is 0 Å². The number of benzene rings is 2. The van der Waals surface area contributed by atoms with Crippen molar-refractivity contribution >= 4 is 29.2 Å². The summed E-state index contributed by atoms with van der Waals surface area (Å²) in [6.45, 7) is 0. The van der Waals surface area contributed by atoms with Gasteiger partial charge in [0.15, 0.2) is 17.5 Å². The van der Waals surface area contributed by atoms with Crippen LogP contribution in [0.25, 0.3) is 0 Å². The molecule has 21 heavy (non-hydrogen) atoms. The molecule has 0 atom stereocenters. The van der Waals surface area contributed by atoms with Gasteiger partial charge in [-0.25, -0.2) is 18.0 Å². The molecule has 2 aromatic carbocycles. The Morgan fingerprint density at radius 3 is 2.52 bits per heavy atom. The van der Waals surface area contributed by atoms with Gasteiger partial charge in [-0.15, -0.1) is 11.8 Å². The Bertz CT molecular complexity index is 679. The molecule has 0 aliphatic heterocycles. The van der Waals surface area contributed by atoms with E-state index < -0.39 is 29.2 Å². The van der Waals surface area contributed by atoms with Crippen LogP contribution in [0, 0.1) is 17.5 Å². The summed E-state index contributed by atoms with van der Waals surface area (Å²) < 4.78 is 39.2. The third kappa shape index (κ3) is 3.69. The molecule has 7 heteroatoms. The van der Waals surface area contributed by atoms with Crippen LogP contribution < -0.4 is 10.6 Å². The molecule has 0 aliphatic rings. The van der Waals surface area contributed by atoms with Crippen LogP contribution >= 0.6 is 11.8 Å². The number of halogens is 3. The minimum absolute atomic E-state index is 0.438. The molecule has 110 valence electrons. The van der Waals surface area contributed by atoms with Crippen LogP contribution in [0.3, 0.4) is 0 Å². The van der Waals surface area contributed by atoms with Crippen LogP contribution in [0.1, 0.15) is 0 Å². The van der Waals surface area contributed by atoms with E-state index in [9.17, 15) is 18.0 Å². The predicted octanol–water partition coefficient (Wildman–Crippen LogP) is 4.47. The molecule has 3 nitrogen and oxygen atoms in total. The van der Waals surface area contributed by atoms with Gasteiger partial charge in [0.05, 0.1) is 5.69 Å². The van der Waals surface area contributed by atoms with E-state index in [0.717, 1.165) is 17.0 Å².